The predicted molar refractivity (Wildman–Crippen MR) is 89.1 cm³/mol. The maximum Gasteiger partial charge on any atom is 0.0822 e. The number of aliphatic hydroxyl groups is 1. The molecule has 2 saturated heterocycles. The summed E-state index contributed by atoms with van der Waals surface area (Å²) in [5.74, 6) is 2.66. The van der Waals surface area contributed by atoms with Crippen LogP contribution in [0.25, 0.3) is 0 Å². The van der Waals surface area contributed by atoms with Crippen LogP contribution in [0.5, 0.6) is 0 Å². The van der Waals surface area contributed by atoms with Crippen LogP contribution in [0.3, 0.4) is 0 Å². The van der Waals surface area contributed by atoms with Crippen LogP contribution in [0, 0.1) is 12.8 Å². The number of ether oxygens (including phenoxy) is 1. The Hall–Kier alpha value is -0.220. The first-order chi connectivity index (χ1) is 10.1. The third-order valence-corrected chi connectivity index (χ3v) is 6.15. The summed E-state index contributed by atoms with van der Waals surface area (Å²) in [6, 6.07) is 5.78. The Labute approximate surface area is 136 Å². The fourth-order valence-electron chi connectivity index (χ4n) is 3.65. The third-order valence-electron chi connectivity index (χ3n) is 4.93. The molecule has 0 bridgehead atoms. The largest absolute Gasteiger partial charge is 0.388 e. The summed E-state index contributed by atoms with van der Waals surface area (Å²) < 4.78 is 6.13. The summed E-state index contributed by atoms with van der Waals surface area (Å²) >= 11 is 8.04. The van der Waals surface area contributed by atoms with Crippen molar-refractivity contribution in [2.45, 2.75) is 44.3 Å². The van der Waals surface area contributed by atoms with E-state index in [0.717, 1.165) is 48.4 Å². The lowest BCUT2D eigenvalue weighted by Gasteiger charge is -2.44. The van der Waals surface area contributed by atoms with E-state index in [0.29, 0.717) is 5.92 Å². The summed E-state index contributed by atoms with van der Waals surface area (Å²) in [6.07, 6.45) is 3.77. The molecule has 2 fully saturated rings. The molecule has 2 aliphatic heterocycles. The van der Waals surface area contributed by atoms with Gasteiger partial charge in [0.05, 0.1) is 11.7 Å². The highest BCUT2D eigenvalue weighted by atomic mass is 35.5. The first kappa shape index (κ1) is 15.7. The number of rotatable bonds is 2. The molecule has 1 aromatic rings. The van der Waals surface area contributed by atoms with Crippen LogP contribution >= 0.6 is 23.4 Å². The molecule has 2 unspecified atom stereocenters. The fourth-order valence-corrected chi connectivity index (χ4v) is 5.12. The molecule has 0 radical (unpaired) electrons. The van der Waals surface area contributed by atoms with Crippen molar-refractivity contribution in [1.82, 2.24) is 0 Å². The van der Waals surface area contributed by atoms with Gasteiger partial charge in [0, 0.05) is 11.6 Å². The molecule has 1 aromatic carbocycles. The van der Waals surface area contributed by atoms with Crippen LogP contribution in [-0.4, -0.2) is 28.8 Å². The van der Waals surface area contributed by atoms with Crippen molar-refractivity contribution >= 4 is 23.4 Å². The van der Waals surface area contributed by atoms with Gasteiger partial charge in [-0.1, -0.05) is 17.7 Å². The minimum atomic E-state index is -0.405. The zero-order valence-electron chi connectivity index (χ0n) is 12.5. The van der Waals surface area contributed by atoms with Gasteiger partial charge in [0.15, 0.2) is 0 Å². The Morgan fingerprint density at radius 2 is 2.14 bits per heavy atom. The van der Waals surface area contributed by atoms with Gasteiger partial charge in [-0.15, -0.1) is 0 Å². The maximum atomic E-state index is 10.8. The number of hydrogen-bond donors (Lipinski definition) is 1. The highest BCUT2D eigenvalue weighted by Gasteiger charge is 2.41. The number of halogens is 1. The topological polar surface area (TPSA) is 29.5 Å². The molecule has 1 spiro atoms. The van der Waals surface area contributed by atoms with E-state index in [-0.39, 0.29) is 5.60 Å². The van der Waals surface area contributed by atoms with Crippen LogP contribution in [-0.2, 0) is 4.74 Å². The van der Waals surface area contributed by atoms with Crippen molar-refractivity contribution in [3.8, 4) is 0 Å². The van der Waals surface area contributed by atoms with Crippen molar-refractivity contribution in [3.05, 3.63) is 34.3 Å². The molecule has 2 atom stereocenters. The van der Waals surface area contributed by atoms with Gasteiger partial charge in [-0.25, -0.2) is 0 Å². The normalized spacial score (nSPS) is 26.7. The molecule has 21 heavy (non-hydrogen) atoms. The molecule has 4 heteroatoms. The number of hydrogen-bond acceptors (Lipinski definition) is 3. The first-order valence-corrected chi connectivity index (χ1v) is 9.29. The molecule has 0 aliphatic carbocycles. The lowest BCUT2D eigenvalue weighted by Crippen LogP contribution is -2.44. The number of benzene rings is 1. The molecule has 2 nitrogen and oxygen atoms in total. The average molecular weight is 327 g/mol. The Balaban J connectivity index is 1.76. The molecule has 0 saturated carbocycles. The van der Waals surface area contributed by atoms with Gasteiger partial charge in [0.2, 0.25) is 0 Å². The van der Waals surface area contributed by atoms with Crippen molar-refractivity contribution in [1.29, 1.82) is 0 Å². The summed E-state index contributed by atoms with van der Waals surface area (Å²) in [6.45, 7) is 2.80. The van der Waals surface area contributed by atoms with Crippen molar-refractivity contribution in [2.24, 2.45) is 5.92 Å². The number of aliphatic hydroxyl groups excluding tert-OH is 1. The zero-order valence-corrected chi connectivity index (χ0v) is 14.1. The highest BCUT2D eigenvalue weighted by molar-refractivity contribution is 7.99. The van der Waals surface area contributed by atoms with Crippen molar-refractivity contribution in [2.75, 3.05) is 18.1 Å². The minimum absolute atomic E-state index is 0.0233. The van der Waals surface area contributed by atoms with E-state index in [9.17, 15) is 5.11 Å². The second-order valence-electron chi connectivity index (χ2n) is 6.34. The zero-order chi connectivity index (χ0) is 14.9. The van der Waals surface area contributed by atoms with Crippen molar-refractivity contribution in [3.63, 3.8) is 0 Å². The summed E-state index contributed by atoms with van der Waals surface area (Å²) in [5, 5.41) is 11.6. The second-order valence-corrected chi connectivity index (χ2v) is 8.00. The lowest BCUT2D eigenvalue weighted by molar-refractivity contribution is -0.121. The van der Waals surface area contributed by atoms with Crippen LogP contribution in [0.2, 0.25) is 5.02 Å². The Kier molecular flexibility index (Phi) is 4.84. The van der Waals surface area contributed by atoms with E-state index in [2.05, 4.69) is 0 Å². The second kappa shape index (κ2) is 6.49. The first-order valence-electron chi connectivity index (χ1n) is 7.75. The Morgan fingerprint density at radius 3 is 2.86 bits per heavy atom. The van der Waals surface area contributed by atoms with E-state index in [1.807, 2.05) is 36.9 Å². The predicted octanol–water partition coefficient (Wildman–Crippen LogP) is 4.37. The van der Waals surface area contributed by atoms with Crippen LogP contribution < -0.4 is 0 Å². The van der Waals surface area contributed by atoms with E-state index < -0.39 is 6.10 Å². The van der Waals surface area contributed by atoms with Gasteiger partial charge in [-0.05, 0) is 73.3 Å². The summed E-state index contributed by atoms with van der Waals surface area (Å²) in [7, 11) is 0. The third kappa shape index (κ3) is 3.42. The van der Waals surface area contributed by atoms with Crippen LogP contribution in [0.1, 0.15) is 42.9 Å². The molecular weight excluding hydrogens is 304 g/mol. The molecule has 2 aliphatic rings. The number of aryl methyl sites for hydroxylation is 1. The van der Waals surface area contributed by atoms with Crippen molar-refractivity contribution < 1.29 is 9.84 Å². The summed E-state index contributed by atoms with van der Waals surface area (Å²) in [4.78, 5) is 0. The standard InChI is InChI=1S/C17H23ClO2S/c1-12-10-14(18)2-3-15(12)16(19)13-4-7-20-17(11-13)5-8-21-9-6-17/h2-3,10,13,16,19H,4-9,11H2,1H3. The van der Waals surface area contributed by atoms with Gasteiger partial charge >= 0.3 is 0 Å². The van der Waals surface area contributed by atoms with Crippen LogP contribution in [0.4, 0.5) is 0 Å². The monoisotopic (exact) mass is 326 g/mol. The molecule has 0 aromatic heterocycles. The quantitative estimate of drug-likeness (QED) is 0.874. The van der Waals surface area contributed by atoms with Gasteiger partial charge < -0.3 is 9.84 Å². The van der Waals surface area contributed by atoms with Gasteiger partial charge in [0.1, 0.15) is 0 Å². The van der Waals surface area contributed by atoms with E-state index in [1.165, 1.54) is 11.5 Å². The highest BCUT2D eigenvalue weighted by Crippen LogP contribution is 2.44. The molecule has 3 rings (SSSR count). The molecule has 1 N–H and O–H groups in total. The minimum Gasteiger partial charge on any atom is -0.388 e. The van der Waals surface area contributed by atoms with Gasteiger partial charge in [-0.2, -0.15) is 11.8 Å². The SMILES string of the molecule is Cc1cc(Cl)ccc1C(O)C1CCOC2(CCSCC2)C1. The molecule has 2 heterocycles. The Morgan fingerprint density at radius 1 is 1.38 bits per heavy atom. The lowest BCUT2D eigenvalue weighted by atomic mass is 9.77. The molecular formula is C17H23ClO2S. The number of thioether (sulfide) groups is 1. The molecule has 116 valence electrons. The average Bonchev–Trinajstić information content (AvgIpc) is 2.47. The van der Waals surface area contributed by atoms with Gasteiger partial charge in [-0.3, -0.25) is 0 Å². The van der Waals surface area contributed by atoms with Gasteiger partial charge in [0.25, 0.3) is 0 Å². The fraction of sp³-hybridized carbons (Fsp3) is 0.647. The molecule has 0 amide bonds. The Bertz CT molecular complexity index is 494. The maximum absolute atomic E-state index is 10.8. The van der Waals surface area contributed by atoms with Crippen LogP contribution in [0.15, 0.2) is 18.2 Å². The van der Waals surface area contributed by atoms with E-state index >= 15 is 0 Å². The smallest absolute Gasteiger partial charge is 0.0822 e. The van der Waals surface area contributed by atoms with E-state index in [4.69, 9.17) is 16.3 Å². The van der Waals surface area contributed by atoms with E-state index in [1.54, 1.807) is 0 Å². The summed E-state index contributed by atoms with van der Waals surface area (Å²) in [5.41, 5.74) is 2.12.